The molecule has 0 radical (unpaired) electrons. The molecule has 0 amide bonds. The minimum atomic E-state index is -0.403. The molecular weight excluding hydrogens is 192 g/mol. The summed E-state index contributed by atoms with van der Waals surface area (Å²) in [7, 11) is 0. The summed E-state index contributed by atoms with van der Waals surface area (Å²) in [6.45, 7) is 0. The van der Waals surface area contributed by atoms with Crippen molar-refractivity contribution in [2.24, 2.45) is 17.8 Å². The quantitative estimate of drug-likeness (QED) is 0.574. The molecular formula is C12H16O3. The molecule has 0 aromatic carbocycles. The predicted octanol–water partition coefficient (Wildman–Crippen LogP) is 2.49. The lowest BCUT2D eigenvalue weighted by atomic mass is 9.65. The molecule has 1 saturated heterocycles. The fourth-order valence-corrected chi connectivity index (χ4v) is 4.37. The highest BCUT2D eigenvalue weighted by Crippen LogP contribution is 2.64. The highest BCUT2D eigenvalue weighted by Gasteiger charge is 2.69. The van der Waals surface area contributed by atoms with E-state index in [1.165, 1.54) is 32.1 Å². The first-order valence-electron chi connectivity index (χ1n) is 6.20. The molecule has 1 spiro atoms. The molecule has 1 aliphatic heterocycles. The third kappa shape index (κ3) is 0.900. The van der Waals surface area contributed by atoms with E-state index in [1.807, 2.05) is 0 Å². The first kappa shape index (κ1) is 8.43. The van der Waals surface area contributed by atoms with Gasteiger partial charge in [0.05, 0.1) is 0 Å². The van der Waals surface area contributed by atoms with Crippen LogP contribution in [-0.4, -0.2) is 17.9 Å². The average molecular weight is 208 g/mol. The Morgan fingerprint density at radius 2 is 2.13 bits per heavy atom. The molecule has 4 aliphatic rings. The van der Waals surface area contributed by atoms with E-state index < -0.39 is 6.16 Å². The van der Waals surface area contributed by atoms with E-state index in [9.17, 15) is 4.79 Å². The Morgan fingerprint density at radius 3 is 3.07 bits per heavy atom. The highest BCUT2D eigenvalue weighted by atomic mass is 16.8. The molecule has 0 aromatic rings. The Kier molecular flexibility index (Phi) is 1.40. The Balaban J connectivity index is 1.77. The van der Waals surface area contributed by atoms with Gasteiger partial charge < -0.3 is 9.47 Å². The zero-order chi connectivity index (χ0) is 10.0. The fraction of sp³-hybridized carbons (Fsp3) is 0.917. The largest absolute Gasteiger partial charge is 0.509 e. The van der Waals surface area contributed by atoms with E-state index in [2.05, 4.69) is 0 Å². The zero-order valence-electron chi connectivity index (χ0n) is 8.78. The molecule has 0 N–H and O–H groups in total. The minimum Gasteiger partial charge on any atom is -0.427 e. The van der Waals surface area contributed by atoms with Gasteiger partial charge in [-0.3, -0.25) is 0 Å². The molecule has 5 atom stereocenters. The monoisotopic (exact) mass is 208 g/mol. The fourth-order valence-electron chi connectivity index (χ4n) is 4.37. The standard InChI is InChI=1S/C12H16O3/c13-11-14-10-3-1-2-8-5-4-7-6-9(7)12(8,10)15-11/h7-10H,1-6H2. The van der Waals surface area contributed by atoms with Gasteiger partial charge in [-0.2, -0.15) is 0 Å². The van der Waals surface area contributed by atoms with E-state index in [0.29, 0.717) is 11.8 Å². The first-order chi connectivity index (χ1) is 7.30. The van der Waals surface area contributed by atoms with Gasteiger partial charge >= 0.3 is 6.16 Å². The van der Waals surface area contributed by atoms with Gasteiger partial charge in [0.25, 0.3) is 0 Å². The summed E-state index contributed by atoms with van der Waals surface area (Å²) in [6.07, 6.45) is 6.99. The summed E-state index contributed by atoms with van der Waals surface area (Å²) in [5.41, 5.74) is -0.182. The van der Waals surface area contributed by atoms with Gasteiger partial charge in [-0.25, -0.2) is 4.79 Å². The van der Waals surface area contributed by atoms with E-state index in [1.54, 1.807) is 0 Å². The average Bonchev–Trinajstić information content (AvgIpc) is 2.92. The molecule has 0 aromatic heterocycles. The summed E-state index contributed by atoms with van der Waals surface area (Å²) in [4.78, 5) is 11.4. The maximum atomic E-state index is 11.4. The van der Waals surface area contributed by atoms with Crippen LogP contribution < -0.4 is 0 Å². The molecule has 4 rings (SSSR count). The number of fused-ring (bicyclic) bond motifs is 1. The van der Waals surface area contributed by atoms with Crippen molar-refractivity contribution in [1.82, 2.24) is 0 Å². The van der Waals surface area contributed by atoms with Crippen LogP contribution in [0.3, 0.4) is 0 Å². The number of rotatable bonds is 0. The third-order valence-electron chi connectivity index (χ3n) is 5.05. The van der Waals surface area contributed by atoms with Crippen molar-refractivity contribution in [2.75, 3.05) is 0 Å². The number of hydrogen-bond donors (Lipinski definition) is 0. The van der Waals surface area contributed by atoms with Crippen LogP contribution in [0.4, 0.5) is 4.79 Å². The van der Waals surface area contributed by atoms with Crippen LogP contribution in [0.1, 0.15) is 38.5 Å². The van der Waals surface area contributed by atoms with Gasteiger partial charge in [0.2, 0.25) is 0 Å². The predicted molar refractivity (Wildman–Crippen MR) is 52.3 cm³/mol. The van der Waals surface area contributed by atoms with Crippen LogP contribution in [0.2, 0.25) is 0 Å². The summed E-state index contributed by atoms with van der Waals surface area (Å²) >= 11 is 0. The van der Waals surface area contributed by atoms with E-state index in [0.717, 1.165) is 12.3 Å². The van der Waals surface area contributed by atoms with Crippen LogP contribution in [0.15, 0.2) is 0 Å². The second kappa shape index (κ2) is 2.50. The molecule has 0 bridgehead atoms. The van der Waals surface area contributed by atoms with E-state index >= 15 is 0 Å². The second-order valence-electron chi connectivity index (χ2n) is 5.62. The van der Waals surface area contributed by atoms with Crippen molar-refractivity contribution in [3.05, 3.63) is 0 Å². The van der Waals surface area contributed by atoms with E-state index in [-0.39, 0.29) is 11.7 Å². The van der Waals surface area contributed by atoms with Gasteiger partial charge in [-0.1, -0.05) is 0 Å². The summed E-state index contributed by atoms with van der Waals surface area (Å²) in [5.74, 6) is 2.05. The number of carbonyl (C=O) groups is 1. The van der Waals surface area contributed by atoms with Crippen LogP contribution in [0, 0.1) is 17.8 Å². The summed E-state index contributed by atoms with van der Waals surface area (Å²) < 4.78 is 11.0. The van der Waals surface area contributed by atoms with Gasteiger partial charge in [0, 0.05) is 11.8 Å². The molecule has 4 fully saturated rings. The van der Waals surface area contributed by atoms with Crippen LogP contribution in [-0.2, 0) is 9.47 Å². The molecule has 3 heteroatoms. The molecule has 3 saturated carbocycles. The lowest BCUT2D eigenvalue weighted by Crippen LogP contribution is -2.53. The number of ether oxygens (including phenoxy) is 2. The lowest BCUT2D eigenvalue weighted by Gasteiger charge is -2.44. The van der Waals surface area contributed by atoms with E-state index in [4.69, 9.17) is 9.47 Å². The SMILES string of the molecule is O=C1OC2CCCC3CCC4CC4C32O1. The Morgan fingerprint density at radius 1 is 1.20 bits per heavy atom. The smallest absolute Gasteiger partial charge is 0.427 e. The highest BCUT2D eigenvalue weighted by molar-refractivity contribution is 5.64. The van der Waals surface area contributed by atoms with Crippen LogP contribution in [0.5, 0.6) is 0 Å². The zero-order valence-corrected chi connectivity index (χ0v) is 8.78. The Hall–Kier alpha value is -0.730. The summed E-state index contributed by atoms with van der Waals surface area (Å²) in [6, 6.07) is 0. The maximum Gasteiger partial charge on any atom is 0.509 e. The molecule has 5 unspecified atom stereocenters. The Bertz CT molecular complexity index is 327. The number of hydrogen-bond acceptors (Lipinski definition) is 3. The van der Waals surface area contributed by atoms with Crippen molar-refractivity contribution in [2.45, 2.75) is 50.2 Å². The molecule has 3 aliphatic carbocycles. The van der Waals surface area contributed by atoms with Gasteiger partial charge in [0.1, 0.15) is 6.10 Å². The van der Waals surface area contributed by atoms with Gasteiger partial charge in [-0.15, -0.1) is 0 Å². The van der Waals surface area contributed by atoms with Crippen molar-refractivity contribution >= 4 is 6.16 Å². The van der Waals surface area contributed by atoms with Crippen LogP contribution >= 0.6 is 0 Å². The maximum absolute atomic E-state index is 11.4. The van der Waals surface area contributed by atoms with Crippen molar-refractivity contribution in [3.8, 4) is 0 Å². The molecule has 1 heterocycles. The first-order valence-corrected chi connectivity index (χ1v) is 6.20. The van der Waals surface area contributed by atoms with Crippen LogP contribution in [0.25, 0.3) is 0 Å². The molecule has 15 heavy (non-hydrogen) atoms. The molecule has 82 valence electrons. The van der Waals surface area contributed by atoms with Crippen molar-refractivity contribution in [1.29, 1.82) is 0 Å². The topological polar surface area (TPSA) is 35.5 Å². The third-order valence-corrected chi connectivity index (χ3v) is 5.05. The van der Waals surface area contributed by atoms with Gasteiger partial charge in [0.15, 0.2) is 5.60 Å². The van der Waals surface area contributed by atoms with Crippen molar-refractivity contribution < 1.29 is 14.3 Å². The normalized spacial score (nSPS) is 55.9. The van der Waals surface area contributed by atoms with Gasteiger partial charge in [-0.05, 0) is 44.4 Å². The minimum absolute atomic E-state index is 0.0825. The molecule has 3 nitrogen and oxygen atoms in total. The lowest BCUT2D eigenvalue weighted by molar-refractivity contribution is -0.0892. The van der Waals surface area contributed by atoms with Crippen molar-refractivity contribution in [3.63, 3.8) is 0 Å². The summed E-state index contributed by atoms with van der Waals surface area (Å²) in [5, 5.41) is 0. The second-order valence-corrected chi connectivity index (χ2v) is 5.62. The Labute approximate surface area is 89.1 Å². The number of carbonyl (C=O) groups excluding carboxylic acids is 1.